The molecule has 0 spiro atoms. The van der Waals surface area contributed by atoms with Crippen molar-refractivity contribution in [3.05, 3.63) is 53.9 Å². The number of rotatable bonds is 4. The number of aromatic nitrogens is 1. The minimum Gasteiger partial charge on any atom is -0.482 e. The highest BCUT2D eigenvalue weighted by molar-refractivity contribution is 7.13. The summed E-state index contributed by atoms with van der Waals surface area (Å²) in [5.41, 5.74) is 3.86. The molecule has 0 unspecified atom stereocenters. The van der Waals surface area contributed by atoms with Crippen LogP contribution in [0, 0.1) is 5.92 Å². The molecule has 2 heterocycles. The van der Waals surface area contributed by atoms with Crippen LogP contribution >= 0.6 is 11.3 Å². The summed E-state index contributed by atoms with van der Waals surface area (Å²) in [7, 11) is 0. The van der Waals surface area contributed by atoms with E-state index in [9.17, 15) is 4.79 Å². The van der Waals surface area contributed by atoms with E-state index in [0.717, 1.165) is 33.3 Å². The van der Waals surface area contributed by atoms with Crippen LogP contribution in [-0.2, 0) is 4.79 Å². The quantitative estimate of drug-likeness (QED) is 0.664. The second-order valence-corrected chi connectivity index (χ2v) is 7.63. The van der Waals surface area contributed by atoms with Crippen LogP contribution in [0.4, 0.5) is 5.69 Å². The maximum absolute atomic E-state index is 12.3. The predicted octanol–water partition coefficient (Wildman–Crippen LogP) is 4.86. The first-order valence-corrected chi connectivity index (χ1v) is 9.58. The third-order valence-electron chi connectivity index (χ3n) is 4.27. The molecule has 3 aromatic rings. The number of benzene rings is 2. The van der Waals surface area contributed by atoms with Gasteiger partial charge in [-0.15, -0.1) is 11.3 Å². The van der Waals surface area contributed by atoms with Gasteiger partial charge < -0.3 is 9.64 Å². The van der Waals surface area contributed by atoms with Crippen LogP contribution in [0.2, 0.25) is 0 Å². The van der Waals surface area contributed by atoms with Crippen molar-refractivity contribution in [3.63, 3.8) is 0 Å². The molecule has 1 aliphatic rings. The number of ether oxygens (including phenoxy) is 1. The van der Waals surface area contributed by atoms with E-state index in [1.165, 1.54) is 0 Å². The number of carbonyl (C=O) groups excluding carboxylic acids is 1. The molecular weight excluding hydrogens is 344 g/mol. The Labute approximate surface area is 157 Å². The van der Waals surface area contributed by atoms with Crippen molar-refractivity contribution in [1.82, 2.24) is 4.98 Å². The Kier molecular flexibility index (Phi) is 4.47. The molecule has 1 aliphatic heterocycles. The van der Waals surface area contributed by atoms with Crippen LogP contribution in [0.15, 0.2) is 53.9 Å². The average Bonchev–Trinajstić information content (AvgIpc) is 3.14. The van der Waals surface area contributed by atoms with Crippen LogP contribution in [0.3, 0.4) is 0 Å². The van der Waals surface area contributed by atoms with E-state index in [4.69, 9.17) is 9.72 Å². The Morgan fingerprint density at radius 3 is 2.73 bits per heavy atom. The molecule has 1 amide bonds. The molecule has 0 N–H and O–H groups in total. The SMILES string of the molecule is CC(C)CN1C(=O)COc2ccc(-c3csc(-c4ccccc4)n3)cc21. The molecule has 0 radical (unpaired) electrons. The fourth-order valence-corrected chi connectivity index (χ4v) is 3.88. The van der Waals surface area contributed by atoms with E-state index < -0.39 is 0 Å². The first-order valence-electron chi connectivity index (χ1n) is 8.70. The highest BCUT2D eigenvalue weighted by Gasteiger charge is 2.26. The van der Waals surface area contributed by atoms with Crippen LogP contribution in [0.25, 0.3) is 21.8 Å². The van der Waals surface area contributed by atoms with Gasteiger partial charge >= 0.3 is 0 Å². The van der Waals surface area contributed by atoms with Gasteiger partial charge in [-0.25, -0.2) is 4.98 Å². The lowest BCUT2D eigenvalue weighted by Gasteiger charge is -2.31. The average molecular weight is 364 g/mol. The molecule has 0 saturated heterocycles. The summed E-state index contributed by atoms with van der Waals surface area (Å²) in [4.78, 5) is 18.9. The van der Waals surface area contributed by atoms with Crippen molar-refractivity contribution in [2.75, 3.05) is 18.1 Å². The Morgan fingerprint density at radius 2 is 1.96 bits per heavy atom. The van der Waals surface area contributed by atoms with Crippen molar-refractivity contribution >= 4 is 22.9 Å². The fourth-order valence-electron chi connectivity index (χ4n) is 3.05. The monoisotopic (exact) mass is 364 g/mol. The maximum Gasteiger partial charge on any atom is 0.265 e. The molecule has 0 aliphatic carbocycles. The first kappa shape index (κ1) is 16.8. The minimum atomic E-state index is 0.00611. The fraction of sp³-hybridized carbons (Fsp3) is 0.238. The van der Waals surface area contributed by atoms with Crippen molar-refractivity contribution < 1.29 is 9.53 Å². The molecule has 4 nitrogen and oxygen atoms in total. The van der Waals surface area contributed by atoms with Gasteiger partial charge in [-0.1, -0.05) is 44.2 Å². The van der Waals surface area contributed by atoms with Crippen LogP contribution in [0.5, 0.6) is 5.75 Å². The molecule has 132 valence electrons. The predicted molar refractivity (Wildman–Crippen MR) is 106 cm³/mol. The van der Waals surface area contributed by atoms with Gasteiger partial charge in [0.15, 0.2) is 6.61 Å². The molecule has 0 bridgehead atoms. The lowest BCUT2D eigenvalue weighted by Crippen LogP contribution is -2.40. The summed E-state index contributed by atoms with van der Waals surface area (Å²) in [5.74, 6) is 1.15. The van der Waals surface area contributed by atoms with Gasteiger partial charge in [0.25, 0.3) is 5.91 Å². The summed E-state index contributed by atoms with van der Waals surface area (Å²) >= 11 is 1.62. The minimum absolute atomic E-state index is 0.00611. The highest BCUT2D eigenvalue weighted by atomic mass is 32.1. The molecular formula is C21H20N2O2S. The lowest BCUT2D eigenvalue weighted by molar-refractivity contribution is -0.121. The zero-order valence-corrected chi connectivity index (χ0v) is 15.6. The Hall–Kier alpha value is -2.66. The highest BCUT2D eigenvalue weighted by Crippen LogP contribution is 2.37. The number of hydrogen-bond donors (Lipinski definition) is 0. The number of hydrogen-bond acceptors (Lipinski definition) is 4. The van der Waals surface area contributed by atoms with Crippen LogP contribution < -0.4 is 9.64 Å². The maximum atomic E-state index is 12.3. The molecule has 0 atom stereocenters. The molecule has 2 aromatic carbocycles. The first-order chi connectivity index (χ1) is 12.6. The van der Waals surface area contributed by atoms with Gasteiger partial charge in [0.2, 0.25) is 0 Å². The van der Waals surface area contributed by atoms with Crippen LogP contribution in [-0.4, -0.2) is 24.0 Å². The number of anilines is 1. The number of thiazole rings is 1. The Bertz CT molecular complexity index is 934. The summed E-state index contributed by atoms with van der Waals surface area (Å²) in [6.07, 6.45) is 0. The summed E-state index contributed by atoms with van der Waals surface area (Å²) in [6, 6.07) is 16.1. The number of carbonyl (C=O) groups is 1. The van der Waals surface area contributed by atoms with E-state index >= 15 is 0 Å². The molecule has 26 heavy (non-hydrogen) atoms. The normalized spacial score (nSPS) is 13.7. The summed E-state index contributed by atoms with van der Waals surface area (Å²) in [5, 5.41) is 3.05. The Balaban J connectivity index is 1.70. The van der Waals surface area contributed by atoms with Gasteiger partial charge in [0.05, 0.1) is 11.4 Å². The molecule has 0 fully saturated rings. The van der Waals surface area contributed by atoms with Gasteiger partial charge in [-0.3, -0.25) is 4.79 Å². The number of fused-ring (bicyclic) bond motifs is 1. The van der Waals surface area contributed by atoms with E-state index in [1.54, 1.807) is 11.3 Å². The number of amides is 1. The Morgan fingerprint density at radius 1 is 1.15 bits per heavy atom. The second kappa shape index (κ2) is 6.92. The molecule has 5 heteroatoms. The third-order valence-corrected chi connectivity index (χ3v) is 5.16. The second-order valence-electron chi connectivity index (χ2n) is 6.77. The topological polar surface area (TPSA) is 42.4 Å². The third kappa shape index (κ3) is 3.22. The van der Waals surface area contributed by atoms with Crippen molar-refractivity contribution in [2.45, 2.75) is 13.8 Å². The summed E-state index contributed by atoms with van der Waals surface area (Å²) < 4.78 is 5.60. The van der Waals surface area contributed by atoms with Gasteiger partial charge in [0.1, 0.15) is 10.8 Å². The van der Waals surface area contributed by atoms with Crippen molar-refractivity contribution in [2.24, 2.45) is 5.92 Å². The molecule has 1 aromatic heterocycles. The summed E-state index contributed by atoms with van der Waals surface area (Å²) in [6.45, 7) is 5.01. The lowest BCUT2D eigenvalue weighted by atomic mass is 10.1. The van der Waals surface area contributed by atoms with Gasteiger partial charge in [-0.05, 0) is 24.1 Å². The van der Waals surface area contributed by atoms with Gasteiger partial charge in [0, 0.05) is 23.1 Å². The largest absolute Gasteiger partial charge is 0.482 e. The standard InChI is InChI=1S/C21H20N2O2S/c1-14(2)11-23-18-10-16(8-9-19(18)25-12-20(23)24)17-13-26-21(22-17)15-6-4-3-5-7-15/h3-10,13-14H,11-12H2,1-2H3. The van der Waals surface area contributed by atoms with E-state index in [1.807, 2.05) is 41.3 Å². The van der Waals surface area contributed by atoms with E-state index in [0.29, 0.717) is 12.5 Å². The zero-order chi connectivity index (χ0) is 18.1. The smallest absolute Gasteiger partial charge is 0.265 e. The van der Waals surface area contributed by atoms with Crippen molar-refractivity contribution in [1.29, 1.82) is 0 Å². The van der Waals surface area contributed by atoms with Crippen LogP contribution in [0.1, 0.15) is 13.8 Å². The molecule has 0 saturated carbocycles. The van der Waals surface area contributed by atoms with Crippen molar-refractivity contribution in [3.8, 4) is 27.6 Å². The van der Waals surface area contributed by atoms with E-state index in [2.05, 4.69) is 31.4 Å². The van der Waals surface area contributed by atoms with E-state index in [-0.39, 0.29) is 12.5 Å². The van der Waals surface area contributed by atoms with Gasteiger partial charge in [-0.2, -0.15) is 0 Å². The molecule has 4 rings (SSSR count). The number of nitrogens with zero attached hydrogens (tertiary/aromatic N) is 2. The zero-order valence-electron chi connectivity index (χ0n) is 14.8.